The molecule has 2 saturated heterocycles. The molecule has 154 valence electrons. The summed E-state index contributed by atoms with van der Waals surface area (Å²) in [6.07, 6.45) is 1.14. The van der Waals surface area contributed by atoms with Crippen molar-refractivity contribution in [2.24, 2.45) is 5.92 Å². The SMILES string of the molecule is [2H][C@]12C[C@@H](C(=C)c3ccc(-c4ccc(-n5ccnc5)cc4O)nn3)[C@H](F)[C@]([2H])(C[C@H]1F)N2. The number of alkyl halides is 2. The Morgan fingerprint density at radius 3 is 2.77 bits per heavy atom. The number of nitrogens with zero attached hydrogens (tertiary/aromatic N) is 4. The summed E-state index contributed by atoms with van der Waals surface area (Å²) in [6.45, 7) is 3.93. The highest BCUT2D eigenvalue weighted by molar-refractivity contribution is 5.70. The molecule has 0 aliphatic carbocycles. The van der Waals surface area contributed by atoms with E-state index in [4.69, 9.17) is 2.74 Å². The van der Waals surface area contributed by atoms with E-state index < -0.39 is 30.3 Å². The molecule has 0 saturated carbocycles. The summed E-state index contributed by atoms with van der Waals surface area (Å²) in [4.78, 5) is 3.98. The Balaban J connectivity index is 1.39. The molecule has 5 atom stereocenters. The summed E-state index contributed by atoms with van der Waals surface area (Å²) in [6, 6.07) is 4.76. The summed E-state index contributed by atoms with van der Waals surface area (Å²) < 4.78 is 47.7. The lowest BCUT2D eigenvalue weighted by Gasteiger charge is -2.33. The fraction of sp³-hybridized carbons (Fsp3) is 0.318. The van der Waals surface area contributed by atoms with Crippen molar-refractivity contribution in [3.63, 3.8) is 0 Å². The number of aromatic hydroxyl groups is 1. The minimum atomic E-state index is -1.86. The first-order valence-electron chi connectivity index (χ1n) is 10.6. The van der Waals surface area contributed by atoms with Gasteiger partial charge in [0.1, 0.15) is 18.1 Å². The fourth-order valence-corrected chi connectivity index (χ4v) is 4.04. The van der Waals surface area contributed by atoms with Crippen molar-refractivity contribution in [2.75, 3.05) is 0 Å². The molecule has 2 aliphatic heterocycles. The molecule has 0 spiro atoms. The van der Waals surface area contributed by atoms with E-state index in [9.17, 15) is 9.50 Å². The zero-order valence-electron chi connectivity index (χ0n) is 18.0. The van der Waals surface area contributed by atoms with Crippen LogP contribution >= 0.6 is 0 Å². The first-order valence-corrected chi connectivity index (χ1v) is 9.62. The number of hydrogen-bond acceptors (Lipinski definition) is 5. The summed E-state index contributed by atoms with van der Waals surface area (Å²) in [5, 5.41) is 21.2. The topological polar surface area (TPSA) is 75.9 Å². The molecule has 6 nitrogen and oxygen atoms in total. The lowest BCUT2D eigenvalue weighted by atomic mass is 9.83. The number of benzene rings is 1. The van der Waals surface area contributed by atoms with Crippen LogP contribution < -0.4 is 5.32 Å². The highest BCUT2D eigenvalue weighted by Gasteiger charge is 2.48. The van der Waals surface area contributed by atoms with Gasteiger partial charge in [0.05, 0.1) is 23.4 Å². The van der Waals surface area contributed by atoms with Crippen LogP contribution in [-0.2, 0) is 0 Å². The first kappa shape index (κ1) is 16.6. The van der Waals surface area contributed by atoms with Gasteiger partial charge in [-0.05, 0) is 42.7 Å². The van der Waals surface area contributed by atoms with Crippen molar-refractivity contribution in [1.82, 2.24) is 25.1 Å². The molecule has 5 rings (SSSR count). The zero-order valence-corrected chi connectivity index (χ0v) is 16.0. The number of phenols is 1. The van der Waals surface area contributed by atoms with Gasteiger partial charge < -0.3 is 15.0 Å². The van der Waals surface area contributed by atoms with Crippen molar-refractivity contribution in [1.29, 1.82) is 0 Å². The van der Waals surface area contributed by atoms with Crippen LogP contribution in [0.2, 0.25) is 0 Å². The molecule has 1 aromatic carbocycles. The molecule has 30 heavy (non-hydrogen) atoms. The predicted octanol–water partition coefficient (Wildman–Crippen LogP) is 3.47. The number of nitrogens with one attached hydrogen (secondary N) is 1. The number of imidazole rings is 1. The molecular weight excluding hydrogens is 388 g/mol. The molecule has 2 aromatic heterocycles. The second-order valence-electron chi connectivity index (χ2n) is 7.56. The average molecular weight is 411 g/mol. The monoisotopic (exact) mass is 411 g/mol. The molecule has 0 amide bonds. The molecule has 0 unspecified atom stereocenters. The highest BCUT2D eigenvalue weighted by Crippen LogP contribution is 2.40. The Hall–Kier alpha value is -3.13. The lowest BCUT2D eigenvalue weighted by Crippen LogP contribution is -2.48. The quantitative estimate of drug-likeness (QED) is 0.688. The Bertz CT molecular complexity index is 1180. The van der Waals surface area contributed by atoms with Crippen LogP contribution in [0.1, 0.15) is 21.3 Å². The van der Waals surface area contributed by atoms with Crippen LogP contribution in [0, 0.1) is 5.92 Å². The first-order chi connectivity index (χ1) is 15.2. The minimum absolute atomic E-state index is 0.0112. The molecule has 4 heterocycles. The second-order valence-corrected chi connectivity index (χ2v) is 7.56. The van der Waals surface area contributed by atoms with Gasteiger partial charge in [-0.2, -0.15) is 5.10 Å². The molecule has 2 bridgehead atoms. The number of rotatable bonds is 4. The maximum absolute atomic E-state index is 15.1. The maximum atomic E-state index is 15.1. The Kier molecular flexibility index (Phi) is 4.04. The highest BCUT2D eigenvalue weighted by atomic mass is 19.1. The number of phenolic OH excluding ortho intramolecular Hbond substituents is 1. The van der Waals surface area contributed by atoms with Gasteiger partial charge >= 0.3 is 0 Å². The molecule has 0 radical (unpaired) electrons. The Labute approximate surface area is 175 Å². The maximum Gasteiger partial charge on any atom is 0.127 e. The summed E-state index contributed by atoms with van der Waals surface area (Å²) in [5.74, 6) is -0.910. The molecule has 3 aromatic rings. The van der Waals surface area contributed by atoms with Gasteiger partial charge in [0.25, 0.3) is 0 Å². The Morgan fingerprint density at radius 2 is 2.07 bits per heavy atom. The van der Waals surface area contributed by atoms with E-state index in [1.54, 1.807) is 53.6 Å². The van der Waals surface area contributed by atoms with Gasteiger partial charge in [0.2, 0.25) is 0 Å². The van der Waals surface area contributed by atoms with Gasteiger partial charge in [-0.3, -0.25) is 0 Å². The van der Waals surface area contributed by atoms with Gasteiger partial charge in [-0.25, -0.2) is 13.8 Å². The largest absolute Gasteiger partial charge is 0.507 e. The zero-order chi connectivity index (χ0) is 22.7. The Morgan fingerprint density at radius 1 is 1.20 bits per heavy atom. The summed E-state index contributed by atoms with van der Waals surface area (Å²) in [7, 11) is 0. The fourth-order valence-electron chi connectivity index (χ4n) is 4.04. The number of fused-ring (bicyclic) bond motifs is 2. The minimum Gasteiger partial charge on any atom is -0.507 e. The third-order valence-corrected chi connectivity index (χ3v) is 5.73. The van der Waals surface area contributed by atoms with Gasteiger partial charge in [-0.1, -0.05) is 6.58 Å². The standard InChI is InChI=1S/C22H21F2N5O/c1-12(15-9-19-16(23)10-20(26-19)22(15)24)17-4-5-18(28-27-17)14-3-2-13(8-21(14)30)29-7-6-25-11-29/h2-8,11,15-16,19-20,22,26,30H,1,9-10H2/t15-,16+,19-,20-,22-/m0/s1/i19D,20D. The average Bonchev–Trinajstić information content (AvgIpc) is 3.37. The van der Waals surface area contributed by atoms with Gasteiger partial charge in [0.15, 0.2) is 0 Å². The number of halogens is 2. The van der Waals surface area contributed by atoms with Crippen LogP contribution in [0.25, 0.3) is 22.5 Å². The van der Waals surface area contributed by atoms with Crippen molar-refractivity contribution in [3.05, 3.63) is 61.3 Å². The molecular formula is C22H21F2N5O. The number of hydrogen-bond donors (Lipinski definition) is 2. The van der Waals surface area contributed by atoms with E-state index >= 15 is 4.39 Å². The second kappa shape index (κ2) is 7.28. The van der Waals surface area contributed by atoms with Crippen molar-refractivity contribution in [2.45, 2.75) is 37.2 Å². The van der Waals surface area contributed by atoms with Gasteiger partial charge in [-0.15, -0.1) is 5.10 Å². The predicted molar refractivity (Wildman–Crippen MR) is 109 cm³/mol. The molecule has 2 N–H and O–H groups in total. The van der Waals surface area contributed by atoms with Crippen LogP contribution in [0.3, 0.4) is 0 Å². The van der Waals surface area contributed by atoms with Crippen LogP contribution in [0.15, 0.2) is 55.6 Å². The lowest BCUT2D eigenvalue weighted by molar-refractivity contribution is 0.163. The van der Waals surface area contributed by atoms with E-state index in [-0.39, 0.29) is 24.2 Å². The van der Waals surface area contributed by atoms with Crippen LogP contribution in [-0.4, -0.2) is 49.2 Å². The van der Waals surface area contributed by atoms with Crippen molar-refractivity contribution in [3.8, 4) is 22.7 Å². The van der Waals surface area contributed by atoms with Crippen LogP contribution in [0.4, 0.5) is 8.78 Å². The van der Waals surface area contributed by atoms with Crippen LogP contribution in [0.5, 0.6) is 5.75 Å². The van der Waals surface area contributed by atoms with Gasteiger partial charge in [0, 0.05) is 44.7 Å². The normalized spacial score (nSPS) is 33.7. The molecule has 2 aliphatic rings. The summed E-state index contributed by atoms with van der Waals surface area (Å²) in [5.41, 5.74) is 2.20. The number of piperidine rings is 1. The smallest absolute Gasteiger partial charge is 0.127 e. The number of aromatic nitrogens is 4. The third-order valence-electron chi connectivity index (χ3n) is 5.73. The van der Waals surface area contributed by atoms with E-state index in [0.29, 0.717) is 17.0 Å². The van der Waals surface area contributed by atoms with E-state index in [1.807, 2.05) is 0 Å². The number of allylic oxidation sites excluding steroid dienone is 1. The van der Waals surface area contributed by atoms with E-state index in [0.717, 1.165) is 5.69 Å². The van der Waals surface area contributed by atoms with E-state index in [1.165, 1.54) is 0 Å². The third kappa shape index (κ3) is 3.17. The van der Waals surface area contributed by atoms with Crippen molar-refractivity contribution < 1.29 is 16.6 Å². The summed E-state index contributed by atoms with van der Waals surface area (Å²) >= 11 is 0. The van der Waals surface area contributed by atoms with Crippen molar-refractivity contribution >= 4 is 5.57 Å². The van der Waals surface area contributed by atoms with E-state index in [2.05, 4.69) is 27.1 Å². The molecule has 8 heteroatoms. The molecule has 2 fully saturated rings.